The average Bonchev–Trinajstić information content (AvgIpc) is 3.24. The summed E-state index contributed by atoms with van der Waals surface area (Å²) in [6, 6.07) is 14.9. The van der Waals surface area contributed by atoms with Gasteiger partial charge in [0, 0.05) is 23.7 Å². The van der Waals surface area contributed by atoms with Crippen LogP contribution in [0.4, 0.5) is 11.4 Å². The molecule has 7 heteroatoms. The van der Waals surface area contributed by atoms with E-state index in [1.807, 2.05) is 55.5 Å². The second kappa shape index (κ2) is 8.29. The zero-order valence-corrected chi connectivity index (χ0v) is 17.1. The smallest absolute Gasteiger partial charge is 0.250 e. The number of amides is 3. The van der Waals surface area contributed by atoms with Crippen molar-refractivity contribution in [3.63, 3.8) is 0 Å². The fourth-order valence-electron chi connectivity index (χ4n) is 3.71. The Balaban J connectivity index is 1.56. The molecule has 0 spiro atoms. The lowest BCUT2D eigenvalue weighted by atomic mass is 10.2. The van der Waals surface area contributed by atoms with Crippen molar-refractivity contribution in [2.24, 2.45) is 0 Å². The molecular weight excluding hydrogens is 386 g/mol. The first-order valence-corrected chi connectivity index (χ1v) is 10.6. The van der Waals surface area contributed by atoms with E-state index in [-0.39, 0.29) is 24.3 Å². The van der Waals surface area contributed by atoms with Gasteiger partial charge in [-0.15, -0.1) is 11.8 Å². The molecule has 0 saturated carbocycles. The van der Waals surface area contributed by atoms with E-state index < -0.39 is 5.25 Å². The third-order valence-electron chi connectivity index (χ3n) is 5.14. The molecule has 1 fully saturated rings. The summed E-state index contributed by atoms with van der Waals surface area (Å²) in [5.41, 5.74) is 2.40. The van der Waals surface area contributed by atoms with E-state index in [1.165, 1.54) is 16.7 Å². The van der Waals surface area contributed by atoms with Gasteiger partial charge in [-0.25, -0.2) is 0 Å². The number of rotatable bonds is 4. The zero-order chi connectivity index (χ0) is 20.4. The summed E-state index contributed by atoms with van der Waals surface area (Å²) in [6.07, 6.45) is 1.94. The lowest BCUT2D eigenvalue weighted by Crippen LogP contribution is -2.51. The van der Waals surface area contributed by atoms with Gasteiger partial charge >= 0.3 is 0 Å². The van der Waals surface area contributed by atoms with Crippen LogP contribution in [0.15, 0.2) is 53.4 Å². The van der Waals surface area contributed by atoms with Crippen molar-refractivity contribution in [2.45, 2.75) is 29.9 Å². The molecule has 0 aliphatic carbocycles. The highest BCUT2D eigenvalue weighted by atomic mass is 32.2. The molecule has 2 heterocycles. The highest BCUT2D eigenvalue weighted by Crippen LogP contribution is 2.40. The highest BCUT2D eigenvalue weighted by molar-refractivity contribution is 8.01. The first-order chi connectivity index (χ1) is 14.0. The molecule has 1 saturated heterocycles. The fraction of sp³-hybridized carbons (Fsp3) is 0.318. The molecule has 0 aromatic heterocycles. The van der Waals surface area contributed by atoms with Gasteiger partial charge in [-0.2, -0.15) is 0 Å². The van der Waals surface area contributed by atoms with Crippen LogP contribution in [0.1, 0.15) is 18.4 Å². The third-order valence-corrected chi connectivity index (χ3v) is 6.37. The average molecular weight is 410 g/mol. The topological polar surface area (TPSA) is 69.7 Å². The minimum atomic E-state index is -0.838. The van der Waals surface area contributed by atoms with Gasteiger partial charge in [0.05, 0.1) is 5.69 Å². The summed E-state index contributed by atoms with van der Waals surface area (Å²) in [4.78, 5) is 42.9. The van der Waals surface area contributed by atoms with Gasteiger partial charge in [0.25, 0.3) is 5.91 Å². The number of benzene rings is 2. The number of para-hydroxylation sites is 1. The van der Waals surface area contributed by atoms with Crippen LogP contribution < -0.4 is 10.2 Å². The van der Waals surface area contributed by atoms with Gasteiger partial charge in [0.15, 0.2) is 5.25 Å². The number of hydrogen-bond donors (Lipinski definition) is 1. The van der Waals surface area contributed by atoms with Gasteiger partial charge in [0.1, 0.15) is 6.54 Å². The summed E-state index contributed by atoms with van der Waals surface area (Å²) in [5.74, 6) is -0.779. The number of hydrogen-bond acceptors (Lipinski definition) is 4. The monoisotopic (exact) mass is 409 g/mol. The van der Waals surface area contributed by atoms with E-state index in [9.17, 15) is 14.4 Å². The maximum atomic E-state index is 13.2. The Morgan fingerprint density at radius 2 is 1.86 bits per heavy atom. The molecule has 29 heavy (non-hydrogen) atoms. The number of nitrogens with one attached hydrogen (secondary N) is 1. The molecule has 2 aliphatic rings. The lowest BCUT2D eigenvalue weighted by Gasteiger charge is -2.34. The lowest BCUT2D eigenvalue weighted by molar-refractivity contribution is -0.134. The van der Waals surface area contributed by atoms with Gasteiger partial charge in [-0.1, -0.05) is 24.3 Å². The summed E-state index contributed by atoms with van der Waals surface area (Å²) in [6.45, 7) is 3.21. The van der Waals surface area contributed by atoms with Crippen molar-refractivity contribution in [1.82, 2.24) is 4.90 Å². The molecular formula is C22H23N3O3S. The second-order valence-electron chi connectivity index (χ2n) is 7.34. The number of anilines is 2. The van der Waals surface area contributed by atoms with Crippen LogP contribution in [-0.4, -0.2) is 47.5 Å². The van der Waals surface area contributed by atoms with Crippen LogP contribution in [0.3, 0.4) is 0 Å². The normalized spacial score (nSPS) is 18.5. The number of carbonyl (C=O) groups is 3. The molecule has 0 unspecified atom stereocenters. The summed E-state index contributed by atoms with van der Waals surface area (Å²) < 4.78 is 0. The third kappa shape index (κ3) is 4.15. The van der Waals surface area contributed by atoms with E-state index >= 15 is 0 Å². The van der Waals surface area contributed by atoms with Crippen molar-refractivity contribution in [3.8, 4) is 0 Å². The molecule has 1 N–H and O–H groups in total. The molecule has 3 amide bonds. The molecule has 1 atom stereocenters. The Hall–Kier alpha value is -2.80. The molecule has 4 rings (SSSR count). The summed E-state index contributed by atoms with van der Waals surface area (Å²) in [7, 11) is 0. The maximum absolute atomic E-state index is 13.2. The molecule has 0 radical (unpaired) electrons. The predicted octanol–water partition coefficient (Wildman–Crippen LogP) is 3.06. The standard InChI is InChI=1S/C22H23N3O3S/c1-15-7-6-8-16(13-15)23-19(26)14-25-17-9-2-3-10-18(17)29-20(22(25)28)21(27)24-11-4-5-12-24/h2-3,6-10,13,20H,4-5,11-12,14H2,1H3,(H,23,26)/t20-/m0/s1. The van der Waals surface area contributed by atoms with Crippen molar-refractivity contribution in [3.05, 3.63) is 54.1 Å². The van der Waals surface area contributed by atoms with E-state index in [2.05, 4.69) is 5.32 Å². The Labute approximate surface area is 174 Å². The Bertz CT molecular complexity index is 956. The second-order valence-corrected chi connectivity index (χ2v) is 8.49. The number of likely N-dealkylation sites (tertiary alicyclic amines) is 1. The van der Waals surface area contributed by atoms with Crippen LogP contribution in [-0.2, 0) is 14.4 Å². The first-order valence-electron chi connectivity index (χ1n) is 9.75. The van der Waals surface area contributed by atoms with Crippen LogP contribution in [0.25, 0.3) is 0 Å². The van der Waals surface area contributed by atoms with Gasteiger partial charge in [0.2, 0.25) is 11.8 Å². The largest absolute Gasteiger partial charge is 0.341 e. The zero-order valence-electron chi connectivity index (χ0n) is 16.3. The van der Waals surface area contributed by atoms with Crippen LogP contribution in [0.5, 0.6) is 0 Å². The molecule has 0 bridgehead atoms. The van der Waals surface area contributed by atoms with Gasteiger partial charge in [-0.3, -0.25) is 14.4 Å². The van der Waals surface area contributed by atoms with Crippen molar-refractivity contribution in [2.75, 3.05) is 29.9 Å². The van der Waals surface area contributed by atoms with Crippen LogP contribution >= 0.6 is 11.8 Å². The van der Waals surface area contributed by atoms with E-state index in [0.29, 0.717) is 24.5 Å². The summed E-state index contributed by atoms with van der Waals surface area (Å²) >= 11 is 1.28. The minimum Gasteiger partial charge on any atom is -0.341 e. The fourth-order valence-corrected chi connectivity index (χ4v) is 4.89. The number of thioether (sulfide) groups is 1. The first kappa shape index (κ1) is 19.5. The number of carbonyl (C=O) groups excluding carboxylic acids is 3. The van der Waals surface area contributed by atoms with Crippen LogP contribution in [0.2, 0.25) is 0 Å². The molecule has 2 aliphatic heterocycles. The maximum Gasteiger partial charge on any atom is 0.250 e. The minimum absolute atomic E-state index is 0.131. The molecule has 2 aromatic rings. The number of aryl methyl sites for hydroxylation is 1. The van der Waals surface area contributed by atoms with E-state index in [0.717, 1.165) is 23.3 Å². The Kier molecular flexibility index (Phi) is 5.58. The quantitative estimate of drug-likeness (QED) is 0.788. The van der Waals surface area contributed by atoms with Crippen LogP contribution in [0, 0.1) is 6.92 Å². The predicted molar refractivity (Wildman–Crippen MR) is 114 cm³/mol. The van der Waals surface area contributed by atoms with Crippen molar-refractivity contribution in [1.29, 1.82) is 0 Å². The summed E-state index contributed by atoms with van der Waals surface area (Å²) in [5, 5.41) is 2.01. The number of nitrogens with zero attached hydrogens (tertiary/aromatic N) is 2. The SMILES string of the molecule is Cc1cccc(NC(=O)CN2C(=O)[C@H](C(=O)N3CCCC3)Sc3ccccc32)c1. The van der Waals surface area contributed by atoms with E-state index in [1.54, 1.807) is 4.90 Å². The molecule has 150 valence electrons. The van der Waals surface area contributed by atoms with E-state index in [4.69, 9.17) is 0 Å². The highest BCUT2D eigenvalue weighted by Gasteiger charge is 2.41. The van der Waals surface area contributed by atoms with Gasteiger partial charge in [-0.05, 0) is 49.6 Å². The molecule has 2 aromatic carbocycles. The number of fused-ring (bicyclic) bond motifs is 1. The van der Waals surface area contributed by atoms with Gasteiger partial charge < -0.3 is 15.1 Å². The van der Waals surface area contributed by atoms with Crippen molar-refractivity contribution < 1.29 is 14.4 Å². The Morgan fingerprint density at radius 1 is 1.10 bits per heavy atom. The Morgan fingerprint density at radius 3 is 2.62 bits per heavy atom. The molecule has 6 nitrogen and oxygen atoms in total. The van der Waals surface area contributed by atoms with Crippen molar-refractivity contribution >= 4 is 40.9 Å².